The Kier molecular flexibility index (Phi) is 3.01. The van der Waals surface area contributed by atoms with Crippen LogP contribution in [0, 0.1) is 0 Å². The Morgan fingerprint density at radius 2 is 1.44 bits per heavy atom. The molecule has 0 aliphatic rings. The minimum atomic E-state index is 0.625. The van der Waals surface area contributed by atoms with E-state index in [2.05, 4.69) is 17.3 Å². The molecule has 1 N–H and O–H groups in total. The van der Waals surface area contributed by atoms with Crippen molar-refractivity contribution in [2.24, 2.45) is 5.16 Å². The van der Waals surface area contributed by atoms with Crippen LogP contribution in [0.5, 0.6) is 0 Å². The first-order chi connectivity index (χ1) is 7.81. The summed E-state index contributed by atoms with van der Waals surface area (Å²) in [7, 11) is 0. The maximum absolute atomic E-state index is 8.66. The van der Waals surface area contributed by atoms with Gasteiger partial charge in [0.1, 0.15) is 0 Å². The van der Waals surface area contributed by atoms with E-state index >= 15 is 0 Å². The zero-order valence-corrected chi connectivity index (χ0v) is 9.09. The highest BCUT2D eigenvalue weighted by atomic mass is 16.4. The van der Waals surface area contributed by atoms with Crippen LogP contribution in [0.25, 0.3) is 11.1 Å². The molecule has 0 atom stereocenters. The summed E-state index contributed by atoms with van der Waals surface area (Å²) >= 11 is 0. The summed E-state index contributed by atoms with van der Waals surface area (Å²) in [4.78, 5) is 0. The zero-order chi connectivity index (χ0) is 11.4. The van der Waals surface area contributed by atoms with Crippen molar-refractivity contribution in [3.63, 3.8) is 0 Å². The van der Waals surface area contributed by atoms with Gasteiger partial charge in [0.25, 0.3) is 0 Å². The molecule has 0 spiro atoms. The lowest BCUT2D eigenvalue weighted by molar-refractivity contribution is 0.319. The summed E-state index contributed by atoms with van der Waals surface area (Å²) in [6.07, 6.45) is 0. The molecule has 0 aromatic heterocycles. The average Bonchev–Trinajstić information content (AvgIpc) is 2.39. The highest BCUT2D eigenvalue weighted by molar-refractivity contribution is 5.98. The Hall–Kier alpha value is -2.09. The molecule has 16 heavy (non-hydrogen) atoms. The van der Waals surface area contributed by atoms with Crippen molar-refractivity contribution < 1.29 is 5.21 Å². The van der Waals surface area contributed by atoms with Crippen molar-refractivity contribution in [1.29, 1.82) is 0 Å². The van der Waals surface area contributed by atoms with Crippen LogP contribution in [0.2, 0.25) is 0 Å². The monoisotopic (exact) mass is 211 g/mol. The zero-order valence-electron chi connectivity index (χ0n) is 9.09. The van der Waals surface area contributed by atoms with Crippen molar-refractivity contribution >= 4 is 5.71 Å². The van der Waals surface area contributed by atoms with Gasteiger partial charge in [0.2, 0.25) is 0 Å². The second-order valence-corrected chi connectivity index (χ2v) is 3.63. The Bertz CT molecular complexity index is 486. The van der Waals surface area contributed by atoms with Gasteiger partial charge >= 0.3 is 0 Å². The summed E-state index contributed by atoms with van der Waals surface area (Å²) in [5.41, 5.74) is 3.91. The lowest BCUT2D eigenvalue weighted by Gasteiger charge is -2.03. The molecule has 0 aliphatic carbocycles. The highest BCUT2D eigenvalue weighted by Crippen LogP contribution is 2.19. The molecule has 0 amide bonds. The Balaban J connectivity index is 2.34. The summed E-state index contributed by atoms with van der Waals surface area (Å²) < 4.78 is 0. The van der Waals surface area contributed by atoms with E-state index < -0.39 is 0 Å². The third kappa shape index (κ3) is 2.11. The van der Waals surface area contributed by atoms with Crippen LogP contribution >= 0.6 is 0 Å². The van der Waals surface area contributed by atoms with Crippen molar-refractivity contribution in [2.75, 3.05) is 0 Å². The number of benzene rings is 2. The van der Waals surface area contributed by atoms with E-state index in [4.69, 9.17) is 5.21 Å². The number of hydrogen-bond donors (Lipinski definition) is 1. The molecule has 2 aromatic carbocycles. The molecule has 2 aromatic rings. The fourth-order valence-electron chi connectivity index (χ4n) is 1.59. The molecular formula is C14H13NO. The van der Waals surface area contributed by atoms with Gasteiger partial charge in [-0.2, -0.15) is 0 Å². The van der Waals surface area contributed by atoms with Crippen LogP contribution in [0.3, 0.4) is 0 Å². The molecule has 2 nitrogen and oxygen atoms in total. The van der Waals surface area contributed by atoms with Crippen LogP contribution in [-0.2, 0) is 0 Å². The van der Waals surface area contributed by atoms with Crippen LogP contribution in [0.15, 0.2) is 59.8 Å². The number of nitrogens with zero attached hydrogens (tertiary/aromatic N) is 1. The molecule has 0 bridgehead atoms. The molecule has 2 rings (SSSR count). The van der Waals surface area contributed by atoms with Gasteiger partial charge < -0.3 is 5.21 Å². The van der Waals surface area contributed by atoms with E-state index in [0.717, 1.165) is 11.1 Å². The third-order valence-corrected chi connectivity index (χ3v) is 2.56. The van der Waals surface area contributed by atoms with Gasteiger partial charge in [-0.25, -0.2) is 0 Å². The van der Waals surface area contributed by atoms with Gasteiger partial charge in [-0.3, -0.25) is 0 Å². The Morgan fingerprint density at radius 3 is 2.00 bits per heavy atom. The molecule has 0 saturated carbocycles. The van der Waals surface area contributed by atoms with Gasteiger partial charge in [-0.1, -0.05) is 59.8 Å². The van der Waals surface area contributed by atoms with Gasteiger partial charge in [0.05, 0.1) is 5.71 Å². The second-order valence-electron chi connectivity index (χ2n) is 3.63. The molecule has 80 valence electrons. The lowest BCUT2D eigenvalue weighted by atomic mass is 10.0. The first-order valence-electron chi connectivity index (χ1n) is 5.16. The van der Waals surface area contributed by atoms with Crippen molar-refractivity contribution in [2.45, 2.75) is 6.92 Å². The van der Waals surface area contributed by atoms with Crippen molar-refractivity contribution in [3.8, 4) is 11.1 Å². The second kappa shape index (κ2) is 4.62. The van der Waals surface area contributed by atoms with Crippen LogP contribution < -0.4 is 0 Å². The van der Waals surface area contributed by atoms with E-state index in [9.17, 15) is 0 Å². The van der Waals surface area contributed by atoms with Crippen molar-refractivity contribution in [1.82, 2.24) is 0 Å². The highest BCUT2D eigenvalue weighted by Gasteiger charge is 1.99. The van der Waals surface area contributed by atoms with E-state index in [-0.39, 0.29) is 0 Å². The Morgan fingerprint density at radius 1 is 0.875 bits per heavy atom. The summed E-state index contributed by atoms with van der Waals surface area (Å²) in [5.74, 6) is 0. The quantitative estimate of drug-likeness (QED) is 0.460. The van der Waals surface area contributed by atoms with Crippen LogP contribution in [-0.4, -0.2) is 10.9 Å². The fraction of sp³-hybridized carbons (Fsp3) is 0.0714. The maximum atomic E-state index is 8.66. The van der Waals surface area contributed by atoms with E-state index in [0.29, 0.717) is 5.71 Å². The maximum Gasteiger partial charge on any atom is 0.0836 e. The van der Waals surface area contributed by atoms with Gasteiger partial charge in [-0.15, -0.1) is 0 Å². The summed E-state index contributed by atoms with van der Waals surface area (Å²) in [6.45, 7) is 1.78. The predicted molar refractivity (Wildman–Crippen MR) is 65.9 cm³/mol. The van der Waals surface area contributed by atoms with Gasteiger partial charge in [0, 0.05) is 0 Å². The number of oxime groups is 1. The molecule has 0 unspecified atom stereocenters. The summed E-state index contributed by atoms with van der Waals surface area (Å²) in [6, 6.07) is 18.1. The predicted octanol–water partition coefficient (Wildman–Crippen LogP) is 3.55. The van der Waals surface area contributed by atoms with Gasteiger partial charge in [-0.05, 0) is 23.6 Å². The lowest BCUT2D eigenvalue weighted by Crippen LogP contribution is -1.93. The van der Waals surface area contributed by atoms with E-state index in [1.54, 1.807) is 6.92 Å². The number of rotatable bonds is 2. The van der Waals surface area contributed by atoms with E-state index in [1.165, 1.54) is 5.56 Å². The normalized spacial score (nSPS) is 11.4. The number of hydrogen-bond acceptors (Lipinski definition) is 2. The topological polar surface area (TPSA) is 32.6 Å². The molecule has 0 saturated heterocycles. The Labute approximate surface area is 94.9 Å². The first-order valence-corrected chi connectivity index (χ1v) is 5.16. The average molecular weight is 211 g/mol. The minimum Gasteiger partial charge on any atom is -0.411 e. The first kappa shape index (κ1) is 10.4. The van der Waals surface area contributed by atoms with Crippen LogP contribution in [0.4, 0.5) is 0 Å². The molecule has 0 heterocycles. The largest absolute Gasteiger partial charge is 0.411 e. The molecule has 0 fully saturated rings. The van der Waals surface area contributed by atoms with Gasteiger partial charge in [0.15, 0.2) is 0 Å². The molecular weight excluding hydrogens is 198 g/mol. The van der Waals surface area contributed by atoms with Crippen LogP contribution in [0.1, 0.15) is 12.5 Å². The van der Waals surface area contributed by atoms with E-state index in [1.807, 2.05) is 42.5 Å². The summed E-state index contributed by atoms with van der Waals surface area (Å²) in [5, 5.41) is 11.8. The standard InChI is InChI=1S/C14H13NO/c1-11(15-16)12-7-9-14(10-8-12)13-5-3-2-4-6-13/h2-10,16H,1H3. The minimum absolute atomic E-state index is 0.625. The fourth-order valence-corrected chi connectivity index (χ4v) is 1.59. The third-order valence-electron chi connectivity index (χ3n) is 2.56. The molecule has 0 radical (unpaired) electrons. The SMILES string of the molecule is CC(=NO)c1ccc(-c2ccccc2)cc1. The smallest absolute Gasteiger partial charge is 0.0836 e. The molecule has 2 heteroatoms. The molecule has 0 aliphatic heterocycles. The van der Waals surface area contributed by atoms with Crippen molar-refractivity contribution in [3.05, 3.63) is 60.2 Å².